The van der Waals surface area contributed by atoms with Crippen LogP contribution in [0, 0.1) is 22.7 Å². The number of benzene rings is 1. The third-order valence-electron chi connectivity index (χ3n) is 10.9. The number of ether oxygens (including phenoxy) is 4. The molecule has 3 aliphatic carbocycles. The van der Waals surface area contributed by atoms with Gasteiger partial charge in [0.25, 0.3) is 0 Å². The second-order valence-electron chi connectivity index (χ2n) is 13.0. The van der Waals surface area contributed by atoms with Gasteiger partial charge in [0.05, 0.1) is 30.3 Å². The maximum absolute atomic E-state index is 13.7. The summed E-state index contributed by atoms with van der Waals surface area (Å²) in [6.07, 6.45) is -4.59. The quantitative estimate of drug-likeness (QED) is 0.377. The number of methoxy groups -OCH3 is 1. The molecule has 40 heavy (non-hydrogen) atoms. The van der Waals surface area contributed by atoms with E-state index < -0.39 is 70.4 Å². The Hall–Kier alpha value is -2.30. The van der Waals surface area contributed by atoms with Gasteiger partial charge >= 0.3 is 11.9 Å². The molecule has 10 atom stereocenters. The molecule has 0 amide bonds. The van der Waals surface area contributed by atoms with E-state index in [9.17, 15) is 24.9 Å². The molecule has 3 N–H and O–H groups in total. The molecule has 1 saturated heterocycles. The van der Waals surface area contributed by atoms with Gasteiger partial charge in [-0.05, 0) is 42.5 Å². The highest BCUT2D eigenvalue weighted by Gasteiger charge is 2.77. The van der Waals surface area contributed by atoms with Crippen molar-refractivity contribution in [2.75, 3.05) is 13.7 Å². The van der Waals surface area contributed by atoms with Crippen LogP contribution in [-0.2, 0) is 23.7 Å². The minimum atomic E-state index is -1.83. The maximum atomic E-state index is 13.7. The lowest BCUT2D eigenvalue weighted by Gasteiger charge is -2.69. The average molecular weight is 559 g/mol. The molecule has 2 saturated carbocycles. The largest absolute Gasteiger partial charge is 0.455 e. The predicted octanol–water partition coefficient (Wildman–Crippen LogP) is 2.80. The molecular weight excluding hydrogens is 516 g/mol. The lowest BCUT2D eigenvalue weighted by Crippen LogP contribution is -2.81. The van der Waals surface area contributed by atoms with E-state index in [-0.39, 0.29) is 24.5 Å². The van der Waals surface area contributed by atoms with Crippen molar-refractivity contribution in [2.24, 2.45) is 22.7 Å². The van der Waals surface area contributed by atoms with E-state index in [0.29, 0.717) is 17.6 Å². The minimum absolute atomic E-state index is 0.0226. The summed E-state index contributed by atoms with van der Waals surface area (Å²) in [5.41, 5.74) is -3.84. The Morgan fingerprint density at radius 2 is 1.75 bits per heavy atom. The Labute approximate surface area is 235 Å². The van der Waals surface area contributed by atoms with Gasteiger partial charge in [0.15, 0.2) is 5.60 Å². The van der Waals surface area contributed by atoms with Crippen LogP contribution in [0.5, 0.6) is 0 Å². The van der Waals surface area contributed by atoms with E-state index in [2.05, 4.69) is 0 Å². The van der Waals surface area contributed by atoms with Crippen LogP contribution in [0.1, 0.15) is 64.7 Å². The Kier molecular flexibility index (Phi) is 7.03. The summed E-state index contributed by atoms with van der Waals surface area (Å²) < 4.78 is 24.4. The average Bonchev–Trinajstić information content (AvgIpc) is 2.89. The third-order valence-corrected chi connectivity index (χ3v) is 10.9. The van der Waals surface area contributed by atoms with E-state index in [1.165, 1.54) is 14.0 Å². The van der Waals surface area contributed by atoms with Gasteiger partial charge in [0.1, 0.15) is 23.9 Å². The smallest absolute Gasteiger partial charge is 0.338 e. The van der Waals surface area contributed by atoms with Gasteiger partial charge in [-0.15, -0.1) is 0 Å². The van der Waals surface area contributed by atoms with Crippen molar-refractivity contribution in [3.8, 4) is 0 Å². The highest BCUT2D eigenvalue weighted by molar-refractivity contribution is 5.89. The van der Waals surface area contributed by atoms with Crippen LogP contribution in [0.15, 0.2) is 41.5 Å². The van der Waals surface area contributed by atoms with Crippen LogP contribution in [0.25, 0.3) is 0 Å². The molecule has 1 aromatic rings. The zero-order valence-electron chi connectivity index (χ0n) is 24.3. The zero-order valence-corrected chi connectivity index (χ0v) is 24.3. The number of esters is 2. The normalized spacial score (nSPS) is 43.8. The number of hydrogen-bond acceptors (Lipinski definition) is 9. The fourth-order valence-electron chi connectivity index (χ4n) is 8.41. The lowest BCUT2D eigenvalue weighted by molar-refractivity contribution is -0.359. The number of rotatable bonds is 4. The van der Waals surface area contributed by atoms with Gasteiger partial charge in [0.2, 0.25) is 0 Å². The molecule has 0 aromatic heterocycles. The molecule has 8 unspecified atom stereocenters. The van der Waals surface area contributed by atoms with E-state index >= 15 is 0 Å². The van der Waals surface area contributed by atoms with Crippen molar-refractivity contribution in [1.29, 1.82) is 0 Å². The molecule has 1 heterocycles. The molecule has 2 bridgehead atoms. The van der Waals surface area contributed by atoms with Gasteiger partial charge in [-0.3, -0.25) is 4.79 Å². The summed E-state index contributed by atoms with van der Waals surface area (Å²) in [6, 6.07) is 8.48. The molecule has 3 fully saturated rings. The highest BCUT2D eigenvalue weighted by Crippen LogP contribution is 2.66. The fraction of sp³-hybridized carbons (Fsp3) is 0.677. The summed E-state index contributed by atoms with van der Waals surface area (Å²) >= 11 is 0. The highest BCUT2D eigenvalue weighted by atomic mass is 16.6. The first-order valence-electron chi connectivity index (χ1n) is 14.1. The fourth-order valence-corrected chi connectivity index (χ4v) is 8.41. The van der Waals surface area contributed by atoms with E-state index in [1.807, 2.05) is 27.7 Å². The SMILES string of the molecule is COC1C2=C(C)C(O)CC(O)(C(OC(=O)c3ccccc3)C3C4(OC(C)=O)COC4C[C@H](C)[C@@]3(C)C1O)C2(C)C. The summed E-state index contributed by atoms with van der Waals surface area (Å²) in [5.74, 6) is -2.31. The zero-order chi connectivity index (χ0) is 29.4. The standard InChI is InChI=1S/C31H42O9/c1-16-13-21-30(15-38-21,40-18(3)32)24-26(39-27(35)19-11-9-8-10-12-19)31(36)14-20(33)17(2)22(28(31,4)5)23(37-7)25(34)29(16,24)6/h8-12,16,20-21,23-26,33-34,36H,13-15H2,1-7H3/t16-,20?,21?,23?,24?,25?,26?,29+,30?,31?/m0/s1. The molecule has 9 nitrogen and oxygen atoms in total. The van der Waals surface area contributed by atoms with Crippen LogP contribution in [0.2, 0.25) is 0 Å². The molecule has 5 rings (SSSR count). The second kappa shape index (κ2) is 9.63. The van der Waals surface area contributed by atoms with Gasteiger partial charge in [0, 0.05) is 31.3 Å². The molecule has 1 aromatic carbocycles. The first kappa shape index (κ1) is 29.2. The van der Waals surface area contributed by atoms with Crippen LogP contribution >= 0.6 is 0 Å². The number of aliphatic hydroxyl groups excluding tert-OH is 2. The van der Waals surface area contributed by atoms with Crippen molar-refractivity contribution >= 4 is 11.9 Å². The summed E-state index contributed by atoms with van der Waals surface area (Å²) in [6.45, 7) is 10.6. The number of hydrogen-bond donors (Lipinski definition) is 3. The third kappa shape index (κ3) is 3.78. The molecular formula is C31H42O9. The van der Waals surface area contributed by atoms with Gasteiger partial charge in [-0.2, -0.15) is 0 Å². The first-order valence-corrected chi connectivity index (χ1v) is 14.1. The predicted molar refractivity (Wildman–Crippen MR) is 144 cm³/mol. The van der Waals surface area contributed by atoms with Crippen LogP contribution in [-0.4, -0.2) is 82.7 Å². The summed E-state index contributed by atoms with van der Waals surface area (Å²) in [4.78, 5) is 26.3. The van der Waals surface area contributed by atoms with Gasteiger partial charge in [-0.25, -0.2) is 4.79 Å². The summed E-state index contributed by atoms with van der Waals surface area (Å²) in [7, 11) is 1.50. The van der Waals surface area contributed by atoms with Crippen molar-refractivity contribution in [2.45, 2.75) is 96.1 Å². The maximum Gasteiger partial charge on any atom is 0.338 e. The van der Waals surface area contributed by atoms with Crippen LogP contribution in [0.4, 0.5) is 0 Å². The van der Waals surface area contributed by atoms with Crippen molar-refractivity contribution in [1.82, 2.24) is 0 Å². The number of aliphatic hydroxyl groups is 3. The Balaban J connectivity index is 1.82. The summed E-state index contributed by atoms with van der Waals surface area (Å²) in [5, 5.41) is 36.6. The van der Waals surface area contributed by atoms with Crippen molar-refractivity contribution < 1.29 is 43.9 Å². The number of carbonyl (C=O) groups excluding carboxylic acids is 2. The Morgan fingerprint density at radius 1 is 1.10 bits per heavy atom. The van der Waals surface area contributed by atoms with E-state index in [4.69, 9.17) is 18.9 Å². The number of fused-ring (bicyclic) bond motifs is 5. The molecule has 0 spiro atoms. The van der Waals surface area contributed by atoms with Crippen molar-refractivity contribution in [3.05, 3.63) is 47.0 Å². The first-order chi connectivity index (χ1) is 18.7. The Morgan fingerprint density at radius 3 is 2.30 bits per heavy atom. The van der Waals surface area contributed by atoms with Gasteiger partial charge in [-0.1, -0.05) is 45.9 Å². The van der Waals surface area contributed by atoms with Crippen LogP contribution < -0.4 is 0 Å². The molecule has 1 aliphatic heterocycles. The second-order valence-corrected chi connectivity index (χ2v) is 13.0. The molecule has 220 valence electrons. The Bertz CT molecular complexity index is 1210. The number of carbonyl (C=O) groups is 2. The monoisotopic (exact) mass is 558 g/mol. The molecule has 0 radical (unpaired) electrons. The minimum Gasteiger partial charge on any atom is -0.455 e. The molecule has 4 aliphatic rings. The van der Waals surface area contributed by atoms with E-state index in [1.54, 1.807) is 37.3 Å². The lowest BCUT2D eigenvalue weighted by atomic mass is 9.43. The van der Waals surface area contributed by atoms with Gasteiger partial charge < -0.3 is 34.3 Å². The van der Waals surface area contributed by atoms with Crippen LogP contribution in [0.3, 0.4) is 0 Å². The topological polar surface area (TPSA) is 132 Å². The van der Waals surface area contributed by atoms with Crippen molar-refractivity contribution in [3.63, 3.8) is 0 Å². The molecule has 9 heteroatoms. The van der Waals surface area contributed by atoms with E-state index in [0.717, 1.165) is 0 Å².